The molecule has 32 heavy (non-hydrogen) atoms. The minimum absolute atomic E-state index is 0. The number of anilines is 1. The normalized spacial score (nSPS) is 18.9. The van der Waals surface area contributed by atoms with Crippen LogP contribution in [0.25, 0.3) is 0 Å². The van der Waals surface area contributed by atoms with Crippen LogP contribution in [0.15, 0.2) is 22.8 Å². The summed E-state index contributed by atoms with van der Waals surface area (Å²) in [5.41, 5.74) is 18.0. The summed E-state index contributed by atoms with van der Waals surface area (Å²) in [5, 5.41) is 8.93. The van der Waals surface area contributed by atoms with E-state index in [2.05, 4.69) is 16.4 Å². The summed E-state index contributed by atoms with van der Waals surface area (Å²) in [4.78, 5) is 15.3. The number of fused-ring (bicyclic) bond motifs is 2. The van der Waals surface area contributed by atoms with Gasteiger partial charge in [-0.25, -0.2) is 9.79 Å². The van der Waals surface area contributed by atoms with Crippen LogP contribution >= 0.6 is 0 Å². The van der Waals surface area contributed by atoms with E-state index in [1.807, 2.05) is 6.92 Å². The highest BCUT2D eigenvalue weighted by atomic mass is 16.5. The van der Waals surface area contributed by atoms with E-state index < -0.39 is 6.03 Å². The minimum Gasteiger partial charge on any atom is -0.478 e. The van der Waals surface area contributed by atoms with Gasteiger partial charge in [0.2, 0.25) is 5.90 Å². The molecule has 4 rings (SSSR count). The van der Waals surface area contributed by atoms with Crippen molar-refractivity contribution in [3.05, 3.63) is 40.1 Å². The number of methoxy groups -OCH3 is 1. The Morgan fingerprint density at radius 2 is 1.88 bits per heavy atom. The number of rotatable bonds is 3. The third-order valence-electron chi connectivity index (χ3n) is 5.76. The van der Waals surface area contributed by atoms with Gasteiger partial charge in [-0.1, -0.05) is 6.07 Å². The Labute approximate surface area is 192 Å². The van der Waals surface area contributed by atoms with Crippen molar-refractivity contribution in [1.29, 1.82) is 5.41 Å². The highest BCUT2D eigenvalue weighted by Crippen LogP contribution is 2.38. The molecule has 0 bridgehead atoms. The first-order valence-corrected chi connectivity index (χ1v) is 11.2. The van der Waals surface area contributed by atoms with Crippen molar-refractivity contribution in [3.8, 4) is 0 Å². The van der Waals surface area contributed by atoms with Gasteiger partial charge in [0.05, 0.1) is 19.3 Å². The van der Waals surface area contributed by atoms with E-state index in [4.69, 9.17) is 26.4 Å². The van der Waals surface area contributed by atoms with E-state index in [1.54, 1.807) is 14.0 Å². The number of carbonyl (C=O) groups is 1. The topological polar surface area (TPSA) is 136 Å². The Bertz CT molecular complexity index is 838. The number of nitrogens with zero attached hydrogens (tertiary/aromatic N) is 1. The summed E-state index contributed by atoms with van der Waals surface area (Å²) >= 11 is 0. The fourth-order valence-electron chi connectivity index (χ4n) is 4.20. The first kappa shape index (κ1) is 25.4. The Balaban J connectivity index is 0.000000293. The molecule has 1 aliphatic heterocycles. The number of carbonyl (C=O) groups excluding carboxylic acids is 1. The molecular weight excluding hydrogens is 406 g/mol. The Hall–Kier alpha value is -2.87. The summed E-state index contributed by atoms with van der Waals surface area (Å²) in [6, 6.07) is 1.91. The third kappa shape index (κ3) is 6.82. The van der Waals surface area contributed by atoms with Crippen LogP contribution in [0.4, 0.5) is 10.5 Å². The number of hydrogen-bond donors (Lipinski definition) is 4. The smallest absolute Gasteiger partial charge is 0.316 e. The molecule has 2 aliphatic carbocycles. The first-order chi connectivity index (χ1) is 15.4. The van der Waals surface area contributed by atoms with Gasteiger partial charge in [0.1, 0.15) is 0 Å². The molecule has 0 radical (unpaired) electrons. The zero-order chi connectivity index (χ0) is 23.5. The van der Waals surface area contributed by atoms with Crippen molar-refractivity contribution in [2.24, 2.45) is 16.5 Å². The van der Waals surface area contributed by atoms with Crippen molar-refractivity contribution < 1.29 is 15.7 Å². The molecule has 1 heterocycles. The molecule has 2 amide bonds. The summed E-state index contributed by atoms with van der Waals surface area (Å²) in [5.74, 6) is 0.641. The van der Waals surface area contributed by atoms with Gasteiger partial charge in [-0.2, -0.15) is 0 Å². The molecular formula is C24H39N5O3. The van der Waals surface area contributed by atoms with Crippen LogP contribution in [0.1, 0.15) is 56.8 Å². The molecule has 1 atom stereocenters. The number of nitrogens with one attached hydrogen (secondary N) is 2. The van der Waals surface area contributed by atoms with Gasteiger partial charge < -0.3 is 31.7 Å². The zero-order valence-electron chi connectivity index (χ0n) is 19.5. The number of aryl methyl sites for hydroxylation is 2. The predicted octanol–water partition coefficient (Wildman–Crippen LogP) is 3.74. The maximum Gasteiger partial charge on any atom is 0.316 e. The number of aliphatic imine (C=N–C) groups is 1. The molecule has 8 heteroatoms. The lowest BCUT2D eigenvalue weighted by atomic mass is 9.99. The fourth-order valence-corrected chi connectivity index (χ4v) is 4.20. The van der Waals surface area contributed by atoms with Gasteiger partial charge >= 0.3 is 6.03 Å². The molecule has 0 fully saturated rings. The summed E-state index contributed by atoms with van der Waals surface area (Å²) in [6.45, 7) is 4.84. The van der Waals surface area contributed by atoms with Crippen LogP contribution < -0.4 is 16.8 Å². The van der Waals surface area contributed by atoms with E-state index in [0.29, 0.717) is 19.0 Å². The average Bonchev–Trinajstić information content (AvgIpc) is 3.37. The number of ether oxygens (including phenoxy) is 2. The number of primary amides is 1. The molecule has 178 valence electrons. The van der Waals surface area contributed by atoms with Crippen molar-refractivity contribution in [3.63, 3.8) is 0 Å². The molecule has 0 unspecified atom stereocenters. The molecule has 8 nitrogen and oxygen atoms in total. The minimum atomic E-state index is -0.436. The Morgan fingerprint density at radius 1 is 1.28 bits per heavy atom. The third-order valence-corrected chi connectivity index (χ3v) is 5.76. The maximum absolute atomic E-state index is 11.1. The number of nitrogens with two attached hydrogens (primary N) is 2. The van der Waals surface area contributed by atoms with Crippen LogP contribution in [0.2, 0.25) is 0 Å². The van der Waals surface area contributed by atoms with E-state index >= 15 is 0 Å². The van der Waals surface area contributed by atoms with E-state index in [0.717, 1.165) is 43.4 Å². The van der Waals surface area contributed by atoms with E-state index in [-0.39, 0.29) is 7.53 Å². The van der Waals surface area contributed by atoms with Crippen LogP contribution in [0, 0.1) is 5.41 Å². The van der Waals surface area contributed by atoms with Crippen LogP contribution in [0.3, 0.4) is 0 Å². The molecule has 1 aromatic rings. The lowest BCUT2D eigenvalue weighted by Crippen LogP contribution is -2.21. The molecule has 0 saturated heterocycles. The second kappa shape index (κ2) is 12.9. The largest absolute Gasteiger partial charge is 0.478 e. The summed E-state index contributed by atoms with van der Waals surface area (Å²) in [6.07, 6.45) is 10.7. The number of urea groups is 1. The van der Waals surface area contributed by atoms with Gasteiger partial charge in [-0.15, -0.1) is 0 Å². The highest BCUT2D eigenvalue weighted by Gasteiger charge is 2.24. The van der Waals surface area contributed by atoms with Gasteiger partial charge in [-0.3, -0.25) is 0 Å². The summed E-state index contributed by atoms with van der Waals surface area (Å²) in [7, 11) is 1.69. The van der Waals surface area contributed by atoms with Crippen molar-refractivity contribution in [1.82, 2.24) is 0 Å². The molecule has 0 saturated carbocycles. The number of benzene rings is 1. The second-order valence-corrected chi connectivity index (χ2v) is 8.00. The van der Waals surface area contributed by atoms with Crippen molar-refractivity contribution >= 4 is 23.8 Å². The zero-order valence-corrected chi connectivity index (χ0v) is 19.5. The Morgan fingerprint density at radius 3 is 2.38 bits per heavy atom. The second-order valence-electron chi connectivity index (χ2n) is 8.00. The monoisotopic (exact) mass is 445 g/mol. The lowest BCUT2D eigenvalue weighted by molar-refractivity contribution is 0.0930. The van der Waals surface area contributed by atoms with Gasteiger partial charge in [0.25, 0.3) is 0 Å². The quantitative estimate of drug-likeness (QED) is 0.527. The maximum atomic E-state index is 11.1. The number of hydrogen-bond acceptors (Lipinski definition) is 6. The SMILES string of the molecule is CC=N.CO[C@H]1CCOC(/C(C)=C\N)=NC1.NC(=O)Nc1c2c(cc3c1CCC3)CCC2.[HH]. The van der Waals surface area contributed by atoms with Gasteiger partial charge in [-0.05, 0) is 80.8 Å². The van der Waals surface area contributed by atoms with Crippen LogP contribution in [-0.4, -0.2) is 44.5 Å². The molecule has 6 N–H and O–H groups in total. The standard InChI is InChI=1S/C13H16N2O.C9H16N2O2.C2H5N.H2/c14-13(16)15-12-10-5-1-3-8(10)7-9-4-2-6-11(9)12;1-7(5-10)9-11-6-8(12-2)3-4-13-9;1-2-3;/h7H,1-6H2,(H3,14,15,16);5,8H,3-4,6,10H2,1-2H3;2-3H,1H3;1H/b;7-5-;;/t;8-;;/m.0../s1. The van der Waals surface area contributed by atoms with E-state index in [9.17, 15) is 4.79 Å². The van der Waals surface area contributed by atoms with Crippen molar-refractivity contribution in [2.45, 2.75) is 64.9 Å². The molecule has 0 spiro atoms. The first-order valence-electron chi connectivity index (χ1n) is 11.2. The highest BCUT2D eigenvalue weighted by molar-refractivity contribution is 5.93. The lowest BCUT2D eigenvalue weighted by Gasteiger charge is -2.14. The van der Waals surface area contributed by atoms with Crippen molar-refractivity contribution in [2.75, 3.05) is 25.6 Å². The molecule has 1 aromatic carbocycles. The van der Waals surface area contributed by atoms with E-state index in [1.165, 1.54) is 47.5 Å². The van der Waals surface area contributed by atoms with Gasteiger partial charge in [0.15, 0.2) is 0 Å². The molecule has 0 aromatic heterocycles. The Kier molecular flexibility index (Phi) is 10.2. The average molecular weight is 446 g/mol. The van der Waals surface area contributed by atoms with Crippen LogP contribution in [0.5, 0.6) is 0 Å². The van der Waals surface area contributed by atoms with Crippen LogP contribution in [-0.2, 0) is 35.2 Å². The fraction of sp³-hybridized carbons (Fsp3) is 0.542. The molecule has 3 aliphatic rings. The van der Waals surface area contributed by atoms with Gasteiger partial charge in [0, 0.05) is 32.4 Å². The number of amides is 2. The summed E-state index contributed by atoms with van der Waals surface area (Å²) < 4.78 is 10.6. The predicted molar refractivity (Wildman–Crippen MR) is 132 cm³/mol.